The number of carbonyl (C=O) groups excluding carboxylic acids is 1. The Morgan fingerprint density at radius 2 is 2.23 bits per heavy atom. The van der Waals surface area contributed by atoms with Crippen molar-refractivity contribution < 1.29 is 9.90 Å². The third-order valence-corrected chi connectivity index (χ3v) is 2.85. The zero-order chi connectivity index (χ0) is 10.3. The van der Waals surface area contributed by atoms with E-state index in [4.69, 9.17) is 0 Å². The van der Waals surface area contributed by atoms with Crippen LogP contribution in [0.4, 0.5) is 0 Å². The zero-order valence-corrected chi connectivity index (χ0v) is 10.1. The van der Waals surface area contributed by atoms with Crippen molar-refractivity contribution in [3.05, 3.63) is 0 Å². The summed E-state index contributed by atoms with van der Waals surface area (Å²) in [5.74, 6) is 1.76. The van der Waals surface area contributed by atoms with Gasteiger partial charge in [-0.05, 0) is 0 Å². The Balaban J connectivity index is 3.50. The van der Waals surface area contributed by atoms with Gasteiger partial charge in [-0.1, -0.05) is 0 Å². The molecular weight excluding hydrogens is 235 g/mol. The Hall–Kier alpha value is -0.0905. The van der Waals surface area contributed by atoms with E-state index >= 15 is 0 Å². The molecule has 0 aromatic carbocycles. The summed E-state index contributed by atoms with van der Waals surface area (Å²) in [5, 5.41) is 12.5. The van der Waals surface area contributed by atoms with Crippen molar-refractivity contribution in [3.8, 4) is 0 Å². The fourth-order valence-corrected chi connectivity index (χ4v) is 1.73. The van der Waals surface area contributed by atoms with E-state index in [1.807, 2.05) is 24.8 Å². The van der Waals surface area contributed by atoms with E-state index < -0.39 is 6.10 Å². The van der Waals surface area contributed by atoms with E-state index in [-0.39, 0.29) is 5.91 Å². The Kier molecular flexibility index (Phi) is 7.28. The number of aliphatic hydroxyl groups is 1. The van der Waals surface area contributed by atoms with Crippen LogP contribution >= 0.6 is 0 Å². The van der Waals surface area contributed by atoms with Crippen LogP contribution in [0.1, 0.15) is 0 Å². The van der Waals surface area contributed by atoms with E-state index in [1.54, 1.807) is 0 Å². The van der Waals surface area contributed by atoms with Crippen LogP contribution in [-0.4, -0.2) is 64.2 Å². The van der Waals surface area contributed by atoms with Crippen LogP contribution < -0.4 is 5.32 Å². The van der Waals surface area contributed by atoms with Gasteiger partial charge in [-0.3, -0.25) is 0 Å². The summed E-state index contributed by atoms with van der Waals surface area (Å²) in [5.41, 5.74) is 0. The molecule has 0 aliphatic rings. The number of aliphatic hydroxyl groups excluding tert-OH is 1. The second kappa shape index (κ2) is 7.33. The van der Waals surface area contributed by atoms with E-state index in [1.165, 1.54) is 0 Å². The van der Waals surface area contributed by atoms with Gasteiger partial charge in [-0.25, -0.2) is 0 Å². The number of hydrogen-bond donors (Lipinski definition) is 2. The molecule has 0 heterocycles. The van der Waals surface area contributed by atoms with Crippen molar-refractivity contribution in [1.29, 1.82) is 0 Å². The zero-order valence-electron chi connectivity index (χ0n) is 8.41. The first-order chi connectivity index (χ1) is 6.07. The second-order valence-corrected chi connectivity index (χ2v) is 4.98. The molecule has 13 heavy (non-hydrogen) atoms. The average Bonchev–Trinajstić information content (AvgIpc) is 2.04. The van der Waals surface area contributed by atoms with Crippen molar-refractivity contribution in [2.75, 3.05) is 27.2 Å². The summed E-state index contributed by atoms with van der Waals surface area (Å²) in [4.78, 5) is 13.1. The van der Waals surface area contributed by atoms with Gasteiger partial charge in [-0.15, -0.1) is 0 Å². The molecule has 1 atom stereocenters. The maximum atomic E-state index is 11.1. The number of carbonyl (C=O) groups is 1. The molecule has 1 amide bonds. The molecule has 0 aliphatic heterocycles. The van der Waals surface area contributed by atoms with Crippen LogP contribution in [0.2, 0.25) is 11.1 Å². The molecule has 0 saturated heterocycles. The van der Waals surface area contributed by atoms with Crippen LogP contribution in [0.5, 0.6) is 0 Å². The molecule has 2 N–H and O–H groups in total. The SMILES string of the molecule is C[Se]CC(O)C(=O)NCCN(C)C. The number of amides is 1. The maximum absolute atomic E-state index is 11.1. The molecule has 0 aliphatic carbocycles. The van der Waals surface area contributed by atoms with Crippen molar-refractivity contribution in [1.82, 2.24) is 10.2 Å². The molecule has 0 saturated carbocycles. The number of hydrogen-bond acceptors (Lipinski definition) is 3. The van der Waals surface area contributed by atoms with E-state index in [0.29, 0.717) is 26.8 Å². The van der Waals surface area contributed by atoms with Crippen molar-refractivity contribution >= 4 is 20.9 Å². The van der Waals surface area contributed by atoms with Gasteiger partial charge >= 0.3 is 85.4 Å². The molecule has 0 fully saturated rings. The van der Waals surface area contributed by atoms with Gasteiger partial charge in [0.05, 0.1) is 0 Å². The van der Waals surface area contributed by atoms with Crippen LogP contribution in [0.3, 0.4) is 0 Å². The first-order valence-electron chi connectivity index (χ1n) is 4.17. The summed E-state index contributed by atoms with van der Waals surface area (Å²) in [6.07, 6.45) is -0.813. The average molecular weight is 253 g/mol. The molecule has 4 nitrogen and oxygen atoms in total. The summed E-state index contributed by atoms with van der Waals surface area (Å²) in [6, 6.07) is 0. The van der Waals surface area contributed by atoms with Crippen LogP contribution in [0, 0.1) is 0 Å². The summed E-state index contributed by atoms with van der Waals surface area (Å²) in [6.45, 7) is 1.40. The summed E-state index contributed by atoms with van der Waals surface area (Å²) >= 11 is 0.346. The van der Waals surface area contributed by atoms with Crippen LogP contribution in [0.15, 0.2) is 0 Å². The standard InChI is InChI=1S/C8H18N2O2Se/c1-10(2)5-4-9-8(12)7(11)6-13-3/h7,11H,4-6H2,1-3H3,(H,9,12). The van der Waals surface area contributed by atoms with E-state index in [9.17, 15) is 9.90 Å². The number of nitrogens with one attached hydrogen (secondary N) is 1. The number of rotatable bonds is 6. The molecule has 5 heteroatoms. The van der Waals surface area contributed by atoms with Gasteiger partial charge in [0.1, 0.15) is 0 Å². The summed E-state index contributed by atoms with van der Waals surface area (Å²) < 4.78 is 0. The molecule has 78 valence electrons. The molecule has 0 aromatic rings. The van der Waals surface area contributed by atoms with Crippen molar-refractivity contribution in [3.63, 3.8) is 0 Å². The predicted molar refractivity (Wildman–Crippen MR) is 54.0 cm³/mol. The molecule has 0 spiro atoms. The Morgan fingerprint density at radius 1 is 1.62 bits per heavy atom. The van der Waals surface area contributed by atoms with Gasteiger partial charge in [-0.2, -0.15) is 0 Å². The fraction of sp³-hybridized carbons (Fsp3) is 0.875. The molecule has 0 rings (SSSR count). The van der Waals surface area contributed by atoms with Gasteiger partial charge < -0.3 is 0 Å². The Labute approximate surface area is 85.8 Å². The Bertz CT molecular complexity index is 153. The monoisotopic (exact) mass is 254 g/mol. The number of likely N-dealkylation sites (N-methyl/N-ethyl adjacent to an activating group) is 1. The third-order valence-electron chi connectivity index (χ3n) is 1.49. The normalized spacial score (nSPS) is 13.0. The van der Waals surface area contributed by atoms with Gasteiger partial charge in [0.2, 0.25) is 0 Å². The van der Waals surface area contributed by atoms with Crippen LogP contribution in [-0.2, 0) is 4.79 Å². The third kappa shape index (κ3) is 7.02. The first kappa shape index (κ1) is 12.9. The van der Waals surface area contributed by atoms with Crippen LogP contribution in [0.25, 0.3) is 0 Å². The topological polar surface area (TPSA) is 52.6 Å². The van der Waals surface area contributed by atoms with E-state index in [0.717, 1.165) is 6.54 Å². The van der Waals surface area contributed by atoms with E-state index in [2.05, 4.69) is 5.32 Å². The first-order valence-corrected chi connectivity index (χ1v) is 7.09. The van der Waals surface area contributed by atoms with Gasteiger partial charge in [0.25, 0.3) is 0 Å². The Morgan fingerprint density at radius 3 is 2.69 bits per heavy atom. The molecule has 1 unspecified atom stereocenters. The molecular formula is C8H18N2O2Se. The van der Waals surface area contributed by atoms with Crippen molar-refractivity contribution in [2.45, 2.75) is 17.2 Å². The van der Waals surface area contributed by atoms with Gasteiger partial charge in [0.15, 0.2) is 0 Å². The van der Waals surface area contributed by atoms with Crippen molar-refractivity contribution in [2.24, 2.45) is 0 Å². The molecule has 0 radical (unpaired) electrons. The molecule has 0 aromatic heterocycles. The molecule has 0 bridgehead atoms. The fourth-order valence-electron chi connectivity index (χ4n) is 0.754. The summed E-state index contributed by atoms with van der Waals surface area (Å²) in [7, 11) is 3.88. The van der Waals surface area contributed by atoms with Gasteiger partial charge in [0, 0.05) is 0 Å². The second-order valence-electron chi connectivity index (χ2n) is 3.07. The number of nitrogens with zero attached hydrogens (tertiary/aromatic N) is 1. The minimum absolute atomic E-state index is 0.245. The minimum atomic E-state index is -0.813. The predicted octanol–water partition coefficient (Wildman–Crippen LogP) is -0.804. The quantitative estimate of drug-likeness (QED) is 0.609.